The van der Waals surface area contributed by atoms with Gasteiger partial charge in [-0.1, -0.05) is 78.8 Å². The van der Waals surface area contributed by atoms with Gasteiger partial charge in [0.1, 0.15) is 63.5 Å². The molecule has 5 aromatic carbocycles. The third-order valence-corrected chi connectivity index (χ3v) is 23.0. The molecule has 0 atom stereocenters. The van der Waals surface area contributed by atoms with Gasteiger partial charge in [-0.2, -0.15) is 0 Å². The van der Waals surface area contributed by atoms with Crippen molar-refractivity contribution in [2.75, 3.05) is 0 Å². The number of aryl methyl sites for hydroxylation is 14. The molecule has 0 amide bonds. The number of pyridine rings is 10. The molecule has 0 aliphatic rings. The number of hydrogen-bond donors (Lipinski definition) is 0. The lowest BCUT2D eigenvalue weighted by atomic mass is 9.88. The predicted molar refractivity (Wildman–Crippen MR) is 491 cm³/mol. The maximum atomic E-state index is 8.66. The lowest BCUT2D eigenvalue weighted by Gasteiger charge is -2.18. The zero-order valence-corrected chi connectivity index (χ0v) is 72.0. The van der Waals surface area contributed by atoms with Gasteiger partial charge in [-0.15, -0.1) is 0 Å². The third-order valence-electron chi connectivity index (χ3n) is 23.0. The number of benzene rings is 5. The third kappa shape index (κ3) is 15.3. The van der Waals surface area contributed by atoms with E-state index in [2.05, 4.69) is 174 Å². The first-order chi connectivity index (χ1) is 61.4. The molecule has 0 unspecified atom stereocenters. The van der Waals surface area contributed by atoms with Crippen molar-refractivity contribution in [1.82, 2.24) is 46.9 Å². The zero-order chi connectivity index (χ0) is 93.1. The van der Waals surface area contributed by atoms with Crippen molar-refractivity contribution in [2.45, 2.75) is 129 Å². The van der Waals surface area contributed by atoms with E-state index in [1.165, 1.54) is 39.0 Å². The maximum Gasteiger partial charge on any atom is 0.212 e. The monoisotopic (exact) mass is 1590 g/mol. The maximum absolute atomic E-state index is 8.66. The Labute approximate surface area is 717 Å². The van der Waals surface area contributed by atoms with Crippen LogP contribution in [0.3, 0.4) is 0 Å². The van der Waals surface area contributed by atoms with Crippen LogP contribution in [-0.2, 0) is 41.6 Å². The standard InChI is InChI=1S/C23H26N3.C22H24N3.C21H22N3.C20H20N3.C19H18N3/c1-16-18(20-14-17(11-13-25(20)5)15-23(2,3)4)9-10-19-22(16)26-12-7-6-8-21(26)24-19;1-14(2)18-12-20(24(5)13-15(18)3)17-9-10-19-22(16(17)4)25-11-7-6-8-21(25)23-19;1-14(2)16-10-12-23(4)19(13-16)17-8-9-18-21(15(17)3)24-11-6-5-7-20(24)22-18;1-13-11-18(22(4)12-14(13)2)16-8-9-17-20(15(16)3)23-10-6-5-7-19(23)21-17;1-13-9-11-21(3)17(12-13)15-7-8-16-19(14(15)2)22-10-5-4-6-18(22)20-16/h6-14H,15H2,1-5H3;6-14H,1-5H3;5-14H,1-4H3;5-12H,1-4H3;4-12H,1-3H3/q5*+1/i15D2;3D3,14D;14D;2D3;. The largest absolute Gasteiger partial charge is 0.299 e. The van der Waals surface area contributed by atoms with Gasteiger partial charge in [-0.25, -0.2) is 47.8 Å². The van der Waals surface area contributed by atoms with Crippen molar-refractivity contribution in [3.8, 4) is 56.3 Å². The second-order valence-electron chi connectivity index (χ2n) is 33.1. The van der Waals surface area contributed by atoms with E-state index in [1.54, 1.807) is 26.2 Å². The van der Waals surface area contributed by atoms with E-state index in [0.29, 0.717) is 16.7 Å². The fraction of sp³-hybridized carbons (Fsp3) is 0.238. The Morgan fingerprint density at radius 2 is 0.658 bits per heavy atom. The molecule has 20 rings (SSSR count). The highest BCUT2D eigenvalue weighted by molar-refractivity contribution is 5.93. The minimum atomic E-state index is -2.27. The van der Waals surface area contributed by atoms with Crippen LogP contribution in [0.4, 0.5) is 0 Å². The van der Waals surface area contributed by atoms with E-state index in [9.17, 15) is 0 Å². The minimum Gasteiger partial charge on any atom is -0.299 e. The Kier molecular flexibility index (Phi) is 18.6. The van der Waals surface area contributed by atoms with E-state index >= 15 is 0 Å². The molecular formula is C105H110N15+5. The lowest BCUT2D eigenvalue weighted by molar-refractivity contribution is -0.660. The van der Waals surface area contributed by atoms with Crippen LogP contribution in [0.25, 0.3) is 140 Å². The van der Waals surface area contributed by atoms with Gasteiger partial charge in [0.15, 0.2) is 31.0 Å². The normalized spacial score (nSPS) is 13.5. The molecule has 15 heterocycles. The molecule has 0 saturated heterocycles. The molecule has 0 spiro atoms. The number of fused-ring (bicyclic) bond motifs is 15. The molecule has 120 heavy (non-hydrogen) atoms. The quantitative estimate of drug-likeness (QED) is 0.141. The Morgan fingerprint density at radius 1 is 0.342 bits per heavy atom. The van der Waals surface area contributed by atoms with Crippen LogP contribution in [0.1, 0.15) is 141 Å². The molecule has 0 saturated carbocycles. The van der Waals surface area contributed by atoms with Crippen molar-refractivity contribution < 1.29 is 36.5 Å². The first kappa shape index (κ1) is 68.6. The average Bonchev–Trinajstić information content (AvgIpc) is 1.49. The van der Waals surface area contributed by atoms with Crippen molar-refractivity contribution in [2.24, 2.45) is 40.7 Å². The molecule has 0 aliphatic carbocycles. The summed E-state index contributed by atoms with van der Waals surface area (Å²) in [4.78, 5) is 23.5. The number of rotatable bonds is 8. The van der Waals surface area contributed by atoms with Gasteiger partial charge in [-0.05, 0) is 263 Å². The topological polar surface area (TPSA) is 106 Å². The number of nitrogens with zero attached hydrogens (tertiary/aromatic N) is 15. The van der Waals surface area contributed by atoms with Crippen LogP contribution in [0.2, 0.25) is 0 Å². The summed E-state index contributed by atoms with van der Waals surface area (Å²) in [6, 6.07) is 67.1. The minimum absolute atomic E-state index is 0.220. The summed E-state index contributed by atoms with van der Waals surface area (Å²) < 4.78 is 102. The number of hydrogen-bond acceptors (Lipinski definition) is 5. The molecule has 0 bridgehead atoms. The molecule has 15 nitrogen and oxygen atoms in total. The molecule has 600 valence electrons. The van der Waals surface area contributed by atoms with E-state index in [-0.39, 0.29) is 5.56 Å². The highest BCUT2D eigenvalue weighted by Crippen LogP contribution is 2.37. The van der Waals surface area contributed by atoms with Crippen molar-refractivity contribution in [1.29, 1.82) is 0 Å². The molecule has 0 N–H and O–H groups in total. The van der Waals surface area contributed by atoms with E-state index in [1.807, 2.05) is 249 Å². The summed E-state index contributed by atoms with van der Waals surface area (Å²) in [5.74, 6) is -1.65. The van der Waals surface area contributed by atoms with Crippen molar-refractivity contribution >= 4 is 83.4 Å². The van der Waals surface area contributed by atoms with E-state index in [0.717, 1.165) is 145 Å². The van der Waals surface area contributed by atoms with Crippen molar-refractivity contribution in [3.63, 3.8) is 0 Å². The highest BCUT2D eigenvalue weighted by atomic mass is 15.0. The Bertz CT molecular complexity index is 7860. The summed E-state index contributed by atoms with van der Waals surface area (Å²) in [6.07, 6.45) is 18.2. The van der Waals surface area contributed by atoms with Crippen LogP contribution in [0.15, 0.2) is 262 Å². The van der Waals surface area contributed by atoms with Crippen LogP contribution < -0.4 is 22.8 Å². The Balaban J connectivity index is 0.000000119. The first-order valence-corrected chi connectivity index (χ1v) is 40.7. The number of imidazole rings is 5. The summed E-state index contributed by atoms with van der Waals surface area (Å²) in [5.41, 5.74) is 36.1. The molecule has 0 aliphatic heterocycles. The predicted octanol–water partition coefficient (Wildman–Crippen LogP) is 21.5. The Morgan fingerprint density at radius 3 is 1.00 bits per heavy atom. The SMILES string of the molecule is Cc1cc[n+](C)c(-c2ccc3nc4ccccn4c3c2C)c1.[2H]C(C)(C)c1cc[n+](C)c(-c2ccc3nc4ccccn4c3c2C)c1.[2H]C([2H])([2H])c1c[n+](C)c(-c2ccc3nc4ccccn4c3c2C)cc1C.[2H]C([2H])([2H])c1c[n+](C)c(-c2ccc3nc4ccccn4c3c2C)cc1C([2H])(C)C.[2H]C([2H])(c1cc[n+](C)c(-c2ccc3nc4ccccn4c3c2C)c1)C(C)(C)C. The second kappa shape index (κ2) is 32.5. The van der Waals surface area contributed by atoms with Gasteiger partial charge >= 0.3 is 0 Å². The van der Waals surface area contributed by atoms with Crippen LogP contribution in [0, 0.1) is 67.6 Å². The number of aromatic nitrogens is 15. The molecular weight excluding hydrogens is 1470 g/mol. The molecule has 0 radical (unpaired) electrons. The Hall–Kier alpha value is -13.4. The van der Waals surface area contributed by atoms with Gasteiger partial charge < -0.3 is 0 Å². The smallest absolute Gasteiger partial charge is 0.212 e. The van der Waals surface area contributed by atoms with E-state index < -0.39 is 37.3 Å². The van der Waals surface area contributed by atoms with Crippen LogP contribution in [-0.4, -0.2) is 46.9 Å². The van der Waals surface area contributed by atoms with Gasteiger partial charge in [0.25, 0.3) is 0 Å². The average molecular weight is 1590 g/mol. The summed E-state index contributed by atoms with van der Waals surface area (Å²) in [5, 5.41) is 0. The molecule has 0 fully saturated rings. The summed E-state index contributed by atoms with van der Waals surface area (Å²) in [6.45, 7) is 23.3. The first-order valence-electron chi connectivity index (χ1n) is 45.7. The van der Waals surface area contributed by atoms with E-state index in [4.69, 9.17) is 28.7 Å². The van der Waals surface area contributed by atoms with Crippen molar-refractivity contribution in [3.05, 3.63) is 329 Å². The molecule has 20 aromatic rings. The second-order valence-corrected chi connectivity index (χ2v) is 33.1. The van der Waals surface area contributed by atoms with Gasteiger partial charge in [-0.3, -0.25) is 22.0 Å². The summed E-state index contributed by atoms with van der Waals surface area (Å²) in [7, 11) is 9.89. The van der Waals surface area contributed by atoms with Gasteiger partial charge in [0.05, 0.1) is 83.0 Å². The van der Waals surface area contributed by atoms with Crippen LogP contribution in [0.5, 0.6) is 0 Å². The fourth-order valence-corrected chi connectivity index (χ4v) is 16.8. The molecule has 15 heteroatoms. The van der Waals surface area contributed by atoms with Gasteiger partial charge in [0.2, 0.25) is 28.5 Å². The molecule has 15 aromatic heterocycles. The highest BCUT2D eigenvalue weighted by Gasteiger charge is 2.26. The summed E-state index contributed by atoms with van der Waals surface area (Å²) >= 11 is 0. The van der Waals surface area contributed by atoms with Crippen LogP contribution >= 0.6 is 0 Å². The fourth-order valence-electron chi connectivity index (χ4n) is 16.8. The van der Waals surface area contributed by atoms with Gasteiger partial charge in [0, 0.05) is 104 Å². The zero-order valence-electron chi connectivity index (χ0n) is 82.0. The lowest BCUT2D eigenvalue weighted by Crippen LogP contribution is -2.32.